The highest BCUT2D eigenvalue weighted by atomic mass is 16.1. The lowest BCUT2D eigenvalue weighted by Crippen LogP contribution is -2.24. The number of nitrogens with two attached hydrogens (primary N) is 1. The van der Waals surface area contributed by atoms with E-state index < -0.39 is 5.41 Å². The van der Waals surface area contributed by atoms with Crippen molar-refractivity contribution in [3.63, 3.8) is 0 Å². The second-order valence-electron chi connectivity index (χ2n) is 7.55. The van der Waals surface area contributed by atoms with Gasteiger partial charge in [-0.2, -0.15) is 5.26 Å². The third kappa shape index (κ3) is 3.08. The first-order chi connectivity index (χ1) is 13.2. The molecular formula is C22H19N3O3. The van der Waals surface area contributed by atoms with Gasteiger partial charge in [-0.05, 0) is 12.1 Å². The molecular weight excluding hydrogens is 354 g/mol. The second-order valence-corrected chi connectivity index (χ2v) is 7.55. The van der Waals surface area contributed by atoms with Crippen molar-refractivity contribution in [3.8, 4) is 6.07 Å². The number of fused-ring (bicyclic) bond motifs is 2. The summed E-state index contributed by atoms with van der Waals surface area (Å²) < 4.78 is 0. The zero-order chi connectivity index (χ0) is 20.6. The molecule has 6 heteroatoms. The van der Waals surface area contributed by atoms with Gasteiger partial charge in [0.2, 0.25) is 0 Å². The molecule has 0 saturated heterocycles. The monoisotopic (exact) mass is 373 g/mol. The van der Waals surface area contributed by atoms with E-state index in [4.69, 9.17) is 5.73 Å². The SMILES string of the molecule is CC(C)(C)C(=O)C(C#N)=CNc1ccc(N)c2c1C(=O)c1ccccc1C2=O. The fourth-order valence-corrected chi connectivity index (χ4v) is 3.07. The molecule has 0 radical (unpaired) electrons. The summed E-state index contributed by atoms with van der Waals surface area (Å²) in [6.07, 6.45) is 1.26. The third-order valence-electron chi connectivity index (χ3n) is 4.53. The molecule has 3 N–H and O–H groups in total. The van der Waals surface area contributed by atoms with Crippen LogP contribution in [0.4, 0.5) is 11.4 Å². The Hall–Kier alpha value is -3.72. The van der Waals surface area contributed by atoms with Crippen LogP contribution in [0.25, 0.3) is 0 Å². The van der Waals surface area contributed by atoms with Crippen molar-refractivity contribution in [2.24, 2.45) is 5.41 Å². The molecule has 0 heterocycles. The molecule has 2 aromatic rings. The van der Waals surface area contributed by atoms with E-state index in [0.29, 0.717) is 16.8 Å². The zero-order valence-electron chi connectivity index (χ0n) is 15.8. The molecule has 0 aliphatic heterocycles. The average molecular weight is 373 g/mol. The second kappa shape index (κ2) is 6.78. The Morgan fingerprint density at radius 1 is 1.04 bits per heavy atom. The number of anilines is 2. The van der Waals surface area contributed by atoms with Gasteiger partial charge in [0.25, 0.3) is 0 Å². The van der Waals surface area contributed by atoms with E-state index in [9.17, 15) is 19.6 Å². The van der Waals surface area contributed by atoms with Crippen LogP contribution in [0.2, 0.25) is 0 Å². The van der Waals surface area contributed by atoms with E-state index >= 15 is 0 Å². The van der Waals surface area contributed by atoms with Gasteiger partial charge in [0.05, 0.1) is 16.8 Å². The number of allylic oxidation sites excluding steroid dienone is 1. The molecule has 0 amide bonds. The molecule has 1 aliphatic carbocycles. The van der Waals surface area contributed by atoms with Crippen LogP contribution in [0.5, 0.6) is 0 Å². The smallest absolute Gasteiger partial charge is 0.196 e. The topological polar surface area (TPSA) is 113 Å². The van der Waals surface area contributed by atoms with Gasteiger partial charge in [0.1, 0.15) is 11.6 Å². The molecule has 140 valence electrons. The molecule has 0 saturated carbocycles. The van der Waals surface area contributed by atoms with Crippen LogP contribution in [0.1, 0.15) is 52.6 Å². The maximum absolute atomic E-state index is 13.0. The maximum atomic E-state index is 13.0. The van der Waals surface area contributed by atoms with Crippen molar-refractivity contribution in [3.05, 3.63) is 70.4 Å². The number of hydrogen-bond donors (Lipinski definition) is 2. The summed E-state index contributed by atoms with van der Waals surface area (Å²) in [7, 11) is 0. The van der Waals surface area contributed by atoms with Gasteiger partial charge in [-0.3, -0.25) is 14.4 Å². The summed E-state index contributed by atoms with van der Waals surface area (Å²) >= 11 is 0. The summed E-state index contributed by atoms with van der Waals surface area (Å²) in [5, 5.41) is 12.2. The summed E-state index contributed by atoms with van der Waals surface area (Å²) in [5.41, 5.74) is 6.56. The number of nitriles is 1. The highest BCUT2D eigenvalue weighted by Crippen LogP contribution is 2.35. The fraction of sp³-hybridized carbons (Fsp3) is 0.182. The predicted octanol–water partition coefficient (Wildman–Crippen LogP) is 3.48. The van der Waals surface area contributed by atoms with Crippen molar-refractivity contribution in [1.29, 1.82) is 5.26 Å². The number of ketones is 3. The van der Waals surface area contributed by atoms with E-state index in [2.05, 4.69) is 5.32 Å². The molecule has 0 aromatic heterocycles. The molecule has 0 fully saturated rings. The minimum Gasteiger partial charge on any atom is -0.398 e. The van der Waals surface area contributed by atoms with E-state index in [1.165, 1.54) is 12.3 Å². The van der Waals surface area contributed by atoms with Crippen molar-refractivity contribution < 1.29 is 14.4 Å². The lowest BCUT2D eigenvalue weighted by molar-refractivity contribution is -0.122. The molecule has 28 heavy (non-hydrogen) atoms. The van der Waals surface area contributed by atoms with Crippen LogP contribution in [-0.2, 0) is 4.79 Å². The number of rotatable bonds is 3. The summed E-state index contributed by atoms with van der Waals surface area (Å²) in [5.74, 6) is -1.00. The Morgan fingerprint density at radius 2 is 1.61 bits per heavy atom. The summed E-state index contributed by atoms with van der Waals surface area (Å²) in [6.45, 7) is 5.14. The number of nitrogens with one attached hydrogen (secondary N) is 1. The van der Waals surface area contributed by atoms with Crippen LogP contribution in [0.3, 0.4) is 0 Å². The molecule has 1 aliphatic rings. The number of Topliss-reactive ketones (excluding diaryl/α,β-unsaturated/α-hetero) is 1. The van der Waals surface area contributed by atoms with Gasteiger partial charge in [-0.25, -0.2) is 0 Å². The first kappa shape index (κ1) is 19.1. The molecule has 0 unspecified atom stereocenters. The lowest BCUT2D eigenvalue weighted by atomic mass is 9.82. The Labute approximate surface area is 162 Å². The minimum atomic E-state index is -0.728. The number of benzene rings is 2. The molecule has 2 aromatic carbocycles. The van der Waals surface area contributed by atoms with Crippen LogP contribution >= 0.6 is 0 Å². The molecule has 0 atom stereocenters. The van der Waals surface area contributed by atoms with Gasteiger partial charge in [-0.1, -0.05) is 45.0 Å². The standard InChI is InChI=1S/C22H19N3O3/c1-22(2,3)21(28)12(10-23)11-25-16-9-8-15(24)17-18(16)20(27)14-7-5-4-6-13(14)19(17)26/h4-9,11,25H,24H2,1-3H3. The van der Waals surface area contributed by atoms with Crippen LogP contribution < -0.4 is 11.1 Å². The predicted molar refractivity (Wildman–Crippen MR) is 106 cm³/mol. The zero-order valence-corrected chi connectivity index (χ0v) is 15.8. The largest absolute Gasteiger partial charge is 0.398 e. The highest BCUT2D eigenvalue weighted by molar-refractivity contribution is 6.31. The normalized spacial score (nSPS) is 13.4. The molecule has 3 rings (SSSR count). The number of nitrogen functional groups attached to an aromatic ring is 1. The molecule has 6 nitrogen and oxygen atoms in total. The third-order valence-corrected chi connectivity index (χ3v) is 4.53. The van der Waals surface area contributed by atoms with Gasteiger partial charge >= 0.3 is 0 Å². The Morgan fingerprint density at radius 3 is 2.14 bits per heavy atom. The quantitative estimate of drug-likeness (QED) is 0.413. The Bertz CT molecular complexity index is 1100. The minimum absolute atomic E-state index is 0.0759. The highest BCUT2D eigenvalue weighted by Gasteiger charge is 2.33. The van der Waals surface area contributed by atoms with Gasteiger partial charge in [0, 0.05) is 28.4 Å². The molecule has 0 bridgehead atoms. The number of carbonyl (C=O) groups excluding carboxylic acids is 3. The number of nitrogens with zero attached hydrogens (tertiary/aromatic N) is 1. The van der Waals surface area contributed by atoms with Crippen molar-refractivity contribution in [2.75, 3.05) is 11.1 Å². The van der Waals surface area contributed by atoms with Crippen molar-refractivity contribution in [2.45, 2.75) is 20.8 Å². The fourth-order valence-electron chi connectivity index (χ4n) is 3.07. The summed E-state index contributed by atoms with van der Waals surface area (Å²) in [4.78, 5) is 38.3. The van der Waals surface area contributed by atoms with Crippen molar-refractivity contribution >= 4 is 28.7 Å². The van der Waals surface area contributed by atoms with E-state index in [1.807, 2.05) is 6.07 Å². The van der Waals surface area contributed by atoms with Gasteiger partial charge in [0.15, 0.2) is 17.3 Å². The van der Waals surface area contributed by atoms with E-state index in [1.54, 1.807) is 51.1 Å². The van der Waals surface area contributed by atoms with Crippen molar-refractivity contribution in [1.82, 2.24) is 0 Å². The van der Waals surface area contributed by atoms with Crippen LogP contribution in [-0.4, -0.2) is 17.3 Å². The number of hydrogen-bond acceptors (Lipinski definition) is 6. The average Bonchev–Trinajstić information content (AvgIpc) is 2.66. The van der Waals surface area contributed by atoms with Gasteiger partial charge < -0.3 is 11.1 Å². The van der Waals surface area contributed by atoms with E-state index in [-0.39, 0.29) is 39.7 Å². The lowest BCUT2D eigenvalue weighted by Gasteiger charge is -2.21. The molecule has 0 spiro atoms. The van der Waals surface area contributed by atoms with Gasteiger partial charge in [-0.15, -0.1) is 0 Å². The van der Waals surface area contributed by atoms with Crippen LogP contribution in [0, 0.1) is 16.7 Å². The maximum Gasteiger partial charge on any atom is 0.196 e. The van der Waals surface area contributed by atoms with Crippen LogP contribution in [0.15, 0.2) is 48.2 Å². The summed E-state index contributed by atoms with van der Waals surface area (Å²) in [6, 6.07) is 11.5. The number of carbonyl (C=O) groups is 3. The Kier molecular flexibility index (Phi) is 4.61. The Balaban J connectivity index is 2.10. The van der Waals surface area contributed by atoms with E-state index in [0.717, 1.165) is 0 Å². The first-order valence-electron chi connectivity index (χ1n) is 8.69. The first-order valence-corrected chi connectivity index (χ1v) is 8.69.